The van der Waals surface area contributed by atoms with Gasteiger partial charge in [0.2, 0.25) is 0 Å². The first-order valence-electron chi connectivity index (χ1n) is 7.39. The maximum atomic E-state index is 12.3. The monoisotopic (exact) mass is 284 g/mol. The van der Waals surface area contributed by atoms with Crippen molar-refractivity contribution >= 4 is 11.5 Å². The molecule has 0 radical (unpaired) electrons. The highest BCUT2D eigenvalue weighted by Crippen LogP contribution is 2.33. The van der Waals surface area contributed by atoms with Crippen LogP contribution in [0.5, 0.6) is 0 Å². The zero-order valence-corrected chi connectivity index (χ0v) is 12.2. The van der Waals surface area contributed by atoms with Gasteiger partial charge in [-0.25, -0.2) is 4.98 Å². The Labute approximate surface area is 123 Å². The maximum absolute atomic E-state index is 12.3. The largest absolute Gasteiger partial charge is 0.399 e. The van der Waals surface area contributed by atoms with E-state index in [1.807, 2.05) is 18.2 Å². The highest BCUT2D eigenvalue weighted by molar-refractivity contribution is 5.50. The highest BCUT2D eigenvalue weighted by Gasteiger charge is 2.23. The topological polar surface area (TPSA) is 72.9 Å². The van der Waals surface area contributed by atoms with Gasteiger partial charge in [-0.15, -0.1) is 0 Å². The minimum absolute atomic E-state index is 0.0526. The van der Waals surface area contributed by atoms with Crippen LogP contribution in [-0.4, -0.2) is 9.55 Å². The van der Waals surface area contributed by atoms with E-state index in [1.54, 1.807) is 17.0 Å². The molecular formula is C16H20N4O. The van der Waals surface area contributed by atoms with E-state index in [1.165, 1.54) is 11.1 Å². The van der Waals surface area contributed by atoms with Crippen LogP contribution in [0.3, 0.4) is 0 Å². The lowest BCUT2D eigenvalue weighted by atomic mass is 10.1. The fourth-order valence-corrected chi connectivity index (χ4v) is 2.92. The lowest BCUT2D eigenvalue weighted by molar-refractivity contribution is 0.645. The van der Waals surface area contributed by atoms with Crippen LogP contribution in [0.25, 0.3) is 0 Å². The van der Waals surface area contributed by atoms with E-state index in [2.05, 4.69) is 17.2 Å². The van der Waals surface area contributed by atoms with Crippen LogP contribution in [0.2, 0.25) is 0 Å². The summed E-state index contributed by atoms with van der Waals surface area (Å²) in [6, 6.07) is 6.11. The summed E-state index contributed by atoms with van der Waals surface area (Å²) in [6.45, 7) is 2.77. The van der Waals surface area contributed by atoms with E-state index in [9.17, 15) is 4.79 Å². The summed E-state index contributed by atoms with van der Waals surface area (Å²) in [5.74, 6) is 0.431. The summed E-state index contributed by atoms with van der Waals surface area (Å²) in [7, 11) is 0. The number of rotatable bonds is 4. The lowest BCUT2D eigenvalue weighted by Gasteiger charge is -2.15. The van der Waals surface area contributed by atoms with Crippen molar-refractivity contribution in [2.24, 2.45) is 0 Å². The van der Waals surface area contributed by atoms with Gasteiger partial charge in [0, 0.05) is 24.6 Å². The molecule has 3 N–H and O–H groups in total. The van der Waals surface area contributed by atoms with E-state index in [4.69, 9.17) is 5.73 Å². The number of hydrogen-bond acceptors (Lipinski definition) is 4. The van der Waals surface area contributed by atoms with Gasteiger partial charge in [0.25, 0.3) is 5.56 Å². The standard InChI is InChI=1S/C16H20N4O/c1-2-8-20-9-7-18-15(16(20)21)19-14-6-3-11-10-12(17)4-5-13(11)14/h4-5,7,9-10,14H,2-3,6,8,17H2,1H3,(H,18,19). The van der Waals surface area contributed by atoms with Crippen molar-refractivity contribution in [1.29, 1.82) is 0 Å². The number of nitrogen functional groups attached to an aromatic ring is 1. The van der Waals surface area contributed by atoms with Gasteiger partial charge in [0.15, 0.2) is 5.82 Å². The molecule has 1 unspecified atom stereocenters. The average molecular weight is 284 g/mol. The third kappa shape index (κ3) is 2.63. The van der Waals surface area contributed by atoms with Gasteiger partial charge >= 0.3 is 0 Å². The molecule has 5 nitrogen and oxygen atoms in total. The summed E-state index contributed by atoms with van der Waals surface area (Å²) in [6.07, 6.45) is 6.28. The molecule has 21 heavy (non-hydrogen) atoms. The maximum Gasteiger partial charge on any atom is 0.293 e. The molecule has 2 aromatic rings. The van der Waals surface area contributed by atoms with E-state index >= 15 is 0 Å². The van der Waals surface area contributed by atoms with Crippen LogP contribution in [0.1, 0.15) is 36.9 Å². The number of nitrogens with two attached hydrogens (primary N) is 1. The molecule has 0 saturated carbocycles. The van der Waals surface area contributed by atoms with Gasteiger partial charge in [-0.3, -0.25) is 4.79 Å². The van der Waals surface area contributed by atoms with Crippen molar-refractivity contribution in [3.63, 3.8) is 0 Å². The number of aromatic nitrogens is 2. The molecule has 110 valence electrons. The Morgan fingerprint density at radius 2 is 2.33 bits per heavy atom. The minimum atomic E-state index is -0.0526. The number of hydrogen-bond donors (Lipinski definition) is 2. The molecule has 1 aliphatic carbocycles. The Morgan fingerprint density at radius 1 is 1.48 bits per heavy atom. The van der Waals surface area contributed by atoms with Crippen LogP contribution in [0.4, 0.5) is 11.5 Å². The van der Waals surface area contributed by atoms with Crippen molar-refractivity contribution in [3.05, 3.63) is 52.1 Å². The summed E-state index contributed by atoms with van der Waals surface area (Å²) >= 11 is 0. The molecule has 3 rings (SSSR count). The van der Waals surface area contributed by atoms with Gasteiger partial charge in [-0.05, 0) is 42.5 Å². The minimum Gasteiger partial charge on any atom is -0.399 e. The molecule has 1 aliphatic rings. The zero-order valence-electron chi connectivity index (χ0n) is 12.2. The molecule has 5 heteroatoms. The van der Waals surface area contributed by atoms with E-state index in [0.717, 1.165) is 24.9 Å². The first-order chi connectivity index (χ1) is 10.2. The summed E-state index contributed by atoms with van der Waals surface area (Å²) < 4.78 is 1.70. The van der Waals surface area contributed by atoms with Crippen molar-refractivity contribution in [3.8, 4) is 0 Å². The molecule has 1 aromatic carbocycles. The molecule has 1 heterocycles. The van der Waals surface area contributed by atoms with Gasteiger partial charge in [0.05, 0.1) is 6.04 Å². The predicted octanol–water partition coefficient (Wildman–Crippen LogP) is 2.33. The predicted molar refractivity (Wildman–Crippen MR) is 84.3 cm³/mol. The van der Waals surface area contributed by atoms with Crippen molar-refractivity contribution in [1.82, 2.24) is 9.55 Å². The number of anilines is 2. The summed E-state index contributed by atoms with van der Waals surface area (Å²) in [5, 5.41) is 3.30. The van der Waals surface area contributed by atoms with E-state index in [0.29, 0.717) is 12.4 Å². The second kappa shape index (κ2) is 5.60. The van der Waals surface area contributed by atoms with Crippen molar-refractivity contribution in [2.45, 2.75) is 38.8 Å². The molecule has 0 fully saturated rings. The van der Waals surface area contributed by atoms with Crippen LogP contribution < -0.4 is 16.6 Å². The van der Waals surface area contributed by atoms with Crippen LogP contribution >= 0.6 is 0 Å². The van der Waals surface area contributed by atoms with Gasteiger partial charge in [-0.2, -0.15) is 0 Å². The van der Waals surface area contributed by atoms with Crippen molar-refractivity contribution in [2.75, 3.05) is 11.1 Å². The molecule has 1 atom stereocenters. The van der Waals surface area contributed by atoms with Crippen LogP contribution in [0.15, 0.2) is 35.4 Å². The zero-order chi connectivity index (χ0) is 14.8. The fraction of sp³-hybridized carbons (Fsp3) is 0.375. The molecule has 0 amide bonds. The SMILES string of the molecule is CCCn1ccnc(NC2CCc3cc(N)ccc32)c1=O. The third-order valence-corrected chi connectivity index (χ3v) is 3.93. The van der Waals surface area contributed by atoms with Gasteiger partial charge < -0.3 is 15.6 Å². The van der Waals surface area contributed by atoms with E-state index < -0.39 is 0 Å². The molecule has 0 saturated heterocycles. The summed E-state index contributed by atoms with van der Waals surface area (Å²) in [4.78, 5) is 16.5. The fourth-order valence-electron chi connectivity index (χ4n) is 2.92. The first-order valence-corrected chi connectivity index (χ1v) is 7.39. The Balaban J connectivity index is 1.86. The lowest BCUT2D eigenvalue weighted by Crippen LogP contribution is -2.25. The quantitative estimate of drug-likeness (QED) is 0.845. The molecule has 0 aliphatic heterocycles. The third-order valence-electron chi connectivity index (χ3n) is 3.93. The molecule has 1 aromatic heterocycles. The second-order valence-electron chi connectivity index (χ2n) is 5.47. The molecule has 0 spiro atoms. The Hall–Kier alpha value is -2.30. The highest BCUT2D eigenvalue weighted by atomic mass is 16.1. The average Bonchev–Trinajstić information content (AvgIpc) is 2.85. The number of nitrogens with zero attached hydrogens (tertiary/aromatic N) is 2. The van der Waals surface area contributed by atoms with E-state index in [-0.39, 0.29) is 11.6 Å². The second-order valence-corrected chi connectivity index (χ2v) is 5.47. The number of nitrogens with one attached hydrogen (secondary N) is 1. The summed E-state index contributed by atoms with van der Waals surface area (Å²) in [5.41, 5.74) is 9.04. The Kier molecular flexibility index (Phi) is 3.64. The Bertz CT molecular complexity index is 708. The Morgan fingerprint density at radius 3 is 3.14 bits per heavy atom. The first kappa shape index (κ1) is 13.7. The van der Waals surface area contributed by atoms with Crippen molar-refractivity contribution < 1.29 is 0 Å². The number of aryl methyl sites for hydroxylation is 2. The molecule has 0 bridgehead atoms. The number of benzene rings is 1. The smallest absolute Gasteiger partial charge is 0.293 e. The normalized spacial score (nSPS) is 16.7. The van der Waals surface area contributed by atoms with Gasteiger partial charge in [0.1, 0.15) is 0 Å². The number of fused-ring (bicyclic) bond motifs is 1. The molecular weight excluding hydrogens is 264 g/mol. The van der Waals surface area contributed by atoms with Crippen LogP contribution in [-0.2, 0) is 13.0 Å². The van der Waals surface area contributed by atoms with Crippen LogP contribution in [0, 0.1) is 0 Å². The van der Waals surface area contributed by atoms with Gasteiger partial charge in [-0.1, -0.05) is 13.0 Å².